The highest BCUT2D eigenvalue weighted by molar-refractivity contribution is 8.13. The van der Waals surface area contributed by atoms with Gasteiger partial charge in [0, 0.05) is 38.1 Å². The molecule has 0 unspecified atom stereocenters. The molecule has 10 nitrogen and oxygen atoms in total. The Bertz CT molecular complexity index is 1040. The number of amides is 1. The lowest BCUT2D eigenvalue weighted by atomic mass is 10.2. The molecule has 0 radical (unpaired) electrons. The van der Waals surface area contributed by atoms with E-state index in [1.54, 1.807) is 17.1 Å². The Morgan fingerprint density at radius 3 is 2.57 bits per heavy atom. The maximum absolute atomic E-state index is 11.9. The Morgan fingerprint density at radius 1 is 1.17 bits per heavy atom. The molecule has 0 saturated carbocycles. The molecule has 1 heterocycles. The van der Waals surface area contributed by atoms with Crippen LogP contribution >= 0.6 is 11.8 Å². The van der Waals surface area contributed by atoms with Gasteiger partial charge in [0.15, 0.2) is 0 Å². The number of carbonyl (C=O) groups is 1. The monoisotopic (exact) mass is 449 g/mol. The Balaban J connectivity index is 1.62. The van der Waals surface area contributed by atoms with Crippen LogP contribution in [0.2, 0.25) is 0 Å². The third-order valence-corrected chi connectivity index (χ3v) is 6.44. The number of nitrogens with one attached hydrogen (secondary N) is 4. The van der Waals surface area contributed by atoms with Crippen molar-refractivity contribution in [2.45, 2.75) is 12.7 Å². The minimum Gasteiger partial charge on any atom is -0.326 e. The van der Waals surface area contributed by atoms with Crippen molar-refractivity contribution in [2.24, 2.45) is 5.10 Å². The highest BCUT2D eigenvalue weighted by Gasteiger charge is 2.20. The number of nitrogens with zero attached hydrogens (tertiary/aromatic N) is 3. The summed E-state index contributed by atoms with van der Waals surface area (Å²) in [6, 6.07) is 14.5. The van der Waals surface area contributed by atoms with Crippen LogP contribution in [0.25, 0.3) is 0 Å². The summed E-state index contributed by atoms with van der Waals surface area (Å²) < 4.78 is 27.4. The van der Waals surface area contributed by atoms with Gasteiger partial charge >= 0.3 is 10.2 Å². The van der Waals surface area contributed by atoms with Gasteiger partial charge in [-0.15, -0.1) is 10.6 Å². The molecule has 0 saturated heterocycles. The van der Waals surface area contributed by atoms with E-state index in [1.807, 2.05) is 36.4 Å². The van der Waals surface area contributed by atoms with Gasteiger partial charge in [0.1, 0.15) is 0 Å². The van der Waals surface area contributed by atoms with E-state index in [-0.39, 0.29) is 5.91 Å². The fourth-order valence-corrected chi connectivity index (χ4v) is 3.97. The van der Waals surface area contributed by atoms with Gasteiger partial charge in [-0.2, -0.15) is 12.7 Å². The minimum absolute atomic E-state index is 0.140. The summed E-state index contributed by atoms with van der Waals surface area (Å²) in [4.78, 5) is 11.3. The Kier molecular flexibility index (Phi) is 6.82. The summed E-state index contributed by atoms with van der Waals surface area (Å²) in [5.74, 6) is 0.490. The van der Waals surface area contributed by atoms with Crippen molar-refractivity contribution >= 4 is 50.1 Å². The summed E-state index contributed by atoms with van der Waals surface area (Å²) in [5.41, 5.74) is 8.69. The van der Waals surface area contributed by atoms with Gasteiger partial charge in [0.05, 0.1) is 5.69 Å². The number of benzene rings is 2. The van der Waals surface area contributed by atoms with Gasteiger partial charge in [-0.05, 0) is 35.9 Å². The molecule has 2 aromatic carbocycles. The van der Waals surface area contributed by atoms with Crippen molar-refractivity contribution < 1.29 is 13.2 Å². The number of hydrogen-bond acceptors (Lipinski definition) is 8. The predicted octanol–water partition coefficient (Wildman–Crippen LogP) is 1.90. The van der Waals surface area contributed by atoms with Crippen molar-refractivity contribution in [3.05, 3.63) is 54.1 Å². The first kappa shape index (κ1) is 21.9. The van der Waals surface area contributed by atoms with Crippen LogP contribution in [0.5, 0.6) is 0 Å². The van der Waals surface area contributed by atoms with Gasteiger partial charge in [-0.25, -0.2) is 10.5 Å². The molecular weight excluding hydrogens is 426 g/mol. The number of hydrogen-bond donors (Lipinski definition) is 4. The topological polar surface area (TPSA) is 118 Å². The number of amidine groups is 1. The zero-order valence-corrected chi connectivity index (χ0v) is 18.3. The van der Waals surface area contributed by atoms with Crippen LogP contribution in [0, 0.1) is 0 Å². The average Bonchev–Trinajstić information content (AvgIpc) is 3.15. The van der Waals surface area contributed by atoms with Crippen LogP contribution in [0.15, 0.2) is 53.6 Å². The van der Waals surface area contributed by atoms with Crippen LogP contribution < -0.4 is 26.1 Å². The smallest absolute Gasteiger partial charge is 0.301 e. The van der Waals surface area contributed by atoms with Crippen molar-refractivity contribution in [1.82, 2.24) is 15.4 Å². The zero-order valence-electron chi connectivity index (χ0n) is 16.7. The second-order valence-corrected chi connectivity index (χ2v) is 9.39. The maximum atomic E-state index is 11.9. The zero-order chi connectivity index (χ0) is 21.7. The van der Waals surface area contributed by atoms with E-state index in [0.717, 1.165) is 15.6 Å². The fourth-order valence-electron chi connectivity index (χ4n) is 2.48. The molecule has 2 aromatic rings. The summed E-state index contributed by atoms with van der Waals surface area (Å²) in [5, 5.41) is 9.48. The lowest BCUT2D eigenvalue weighted by molar-refractivity contribution is -0.114. The van der Waals surface area contributed by atoms with Crippen molar-refractivity contribution in [1.29, 1.82) is 0 Å². The van der Waals surface area contributed by atoms with Crippen molar-refractivity contribution in [2.75, 3.05) is 29.1 Å². The molecule has 160 valence electrons. The average molecular weight is 450 g/mol. The highest BCUT2D eigenvalue weighted by Crippen LogP contribution is 2.25. The molecule has 1 amide bonds. The lowest BCUT2D eigenvalue weighted by Gasteiger charge is -2.19. The lowest BCUT2D eigenvalue weighted by Crippen LogP contribution is -2.40. The van der Waals surface area contributed by atoms with Crippen LogP contribution in [0.4, 0.5) is 17.1 Å². The highest BCUT2D eigenvalue weighted by atomic mass is 32.2. The second kappa shape index (κ2) is 9.34. The van der Waals surface area contributed by atoms with Crippen molar-refractivity contribution in [3.8, 4) is 0 Å². The molecule has 12 heteroatoms. The maximum Gasteiger partial charge on any atom is 0.301 e. The first-order chi connectivity index (χ1) is 14.2. The van der Waals surface area contributed by atoms with E-state index in [2.05, 4.69) is 26.2 Å². The van der Waals surface area contributed by atoms with E-state index >= 15 is 0 Å². The normalized spacial score (nSPS) is 13.7. The van der Waals surface area contributed by atoms with Crippen LogP contribution in [-0.4, -0.2) is 37.9 Å². The minimum atomic E-state index is -3.53. The van der Waals surface area contributed by atoms with E-state index in [4.69, 9.17) is 0 Å². The van der Waals surface area contributed by atoms with Crippen molar-refractivity contribution in [3.63, 3.8) is 0 Å². The van der Waals surface area contributed by atoms with Gasteiger partial charge in [-0.1, -0.05) is 30.0 Å². The largest absolute Gasteiger partial charge is 0.326 e. The SMILES string of the molecule is CC(=O)Nc1cccc(N2NNN=C2SCc2ccc(NS(=O)(=O)N(C)C)cc2)c1. The third-order valence-electron chi connectivity index (χ3n) is 3.98. The first-order valence-electron chi connectivity index (χ1n) is 8.93. The van der Waals surface area contributed by atoms with Gasteiger partial charge in [0.25, 0.3) is 0 Å². The van der Waals surface area contributed by atoms with E-state index in [0.29, 0.717) is 22.3 Å². The first-order valence-corrected chi connectivity index (χ1v) is 11.4. The van der Waals surface area contributed by atoms with Crippen LogP contribution in [-0.2, 0) is 20.8 Å². The molecule has 30 heavy (non-hydrogen) atoms. The second-order valence-electron chi connectivity index (χ2n) is 6.56. The molecule has 4 N–H and O–H groups in total. The van der Waals surface area contributed by atoms with E-state index in [9.17, 15) is 13.2 Å². The molecular formula is C18H23N7O3S2. The number of hydrazine groups is 2. The van der Waals surface area contributed by atoms with E-state index in [1.165, 1.54) is 32.8 Å². The number of thioether (sulfide) groups is 1. The quantitative estimate of drug-likeness (QED) is 0.510. The van der Waals surface area contributed by atoms with Crippen LogP contribution in [0.3, 0.4) is 0 Å². The van der Waals surface area contributed by atoms with Crippen LogP contribution in [0.1, 0.15) is 12.5 Å². The summed E-state index contributed by atoms with van der Waals surface area (Å²) in [7, 11) is -0.594. The molecule has 0 spiro atoms. The fraction of sp³-hybridized carbons (Fsp3) is 0.222. The summed E-state index contributed by atoms with van der Waals surface area (Å²) >= 11 is 1.50. The molecule has 1 aliphatic rings. The Labute approximate surface area is 179 Å². The number of hydrazone groups is 1. The molecule has 0 bridgehead atoms. The summed E-state index contributed by atoms with van der Waals surface area (Å²) in [6.07, 6.45) is 0. The summed E-state index contributed by atoms with van der Waals surface area (Å²) in [6.45, 7) is 1.46. The standard InChI is InChI=1S/C18H23N7O3S2/c1-13(26)19-16-5-4-6-17(11-16)25-18(20-22-23-25)29-12-14-7-9-15(10-8-14)21-30(27,28)24(2)3/h4-11,21-23H,12H2,1-3H3,(H,19,26). The van der Waals surface area contributed by atoms with Gasteiger partial charge < -0.3 is 5.32 Å². The number of anilines is 3. The molecule has 0 aliphatic carbocycles. The molecule has 0 aromatic heterocycles. The molecule has 1 aliphatic heterocycles. The van der Waals surface area contributed by atoms with Gasteiger partial charge in [0.2, 0.25) is 11.1 Å². The molecule has 0 fully saturated rings. The number of rotatable bonds is 7. The Hall–Kier alpha value is -2.80. The van der Waals surface area contributed by atoms with Gasteiger partial charge in [-0.3, -0.25) is 9.52 Å². The van der Waals surface area contributed by atoms with E-state index < -0.39 is 10.2 Å². The molecule has 0 atom stereocenters. The number of carbonyl (C=O) groups excluding carboxylic acids is 1. The Morgan fingerprint density at radius 2 is 1.90 bits per heavy atom. The molecule has 3 rings (SSSR count). The predicted molar refractivity (Wildman–Crippen MR) is 121 cm³/mol. The third kappa shape index (κ3) is 5.63.